The summed E-state index contributed by atoms with van der Waals surface area (Å²) in [5.41, 5.74) is 0. The highest BCUT2D eigenvalue weighted by Gasteiger charge is 2.08. The first-order chi connectivity index (χ1) is 8.08. The van der Waals surface area contributed by atoms with Crippen molar-refractivity contribution in [3.05, 3.63) is 17.5 Å². The van der Waals surface area contributed by atoms with Crippen molar-refractivity contribution >= 4 is 34.1 Å². The minimum atomic E-state index is -1.03. The van der Waals surface area contributed by atoms with Crippen LogP contribution < -0.4 is 10.6 Å². The zero-order valence-corrected chi connectivity index (χ0v) is 9.75. The van der Waals surface area contributed by atoms with E-state index >= 15 is 0 Å². The Morgan fingerprint density at radius 2 is 2.06 bits per heavy atom. The average molecular weight is 256 g/mol. The second-order valence-electron chi connectivity index (χ2n) is 3.22. The van der Waals surface area contributed by atoms with E-state index in [2.05, 4.69) is 10.6 Å². The molecule has 0 fully saturated rings. The number of thiophene rings is 1. The van der Waals surface area contributed by atoms with Gasteiger partial charge in [-0.3, -0.25) is 14.9 Å². The minimum Gasteiger partial charge on any atom is -0.481 e. The second kappa shape index (κ2) is 6.64. The summed E-state index contributed by atoms with van der Waals surface area (Å²) in [6, 6.07) is 3.05. The summed E-state index contributed by atoms with van der Waals surface area (Å²) in [6.45, 7) is -0.162. The van der Waals surface area contributed by atoms with Gasteiger partial charge in [0.1, 0.15) is 0 Å². The first kappa shape index (κ1) is 13.2. The van der Waals surface area contributed by atoms with Gasteiger partial charge in [0.25, 0.3) is 0 Å². The predicted octanol–water partition coefficient (Wildman–Crippen LogP) is 1.30. The van der Waals surface area contributed by atoms with Gasteiger partial charge in [0.15, 0.2) is 5.78 Å². The molecule has 0 aliphatic heterocycles. The molecule has 0 aromatic carbocycles. The third kappa shape index (κ3) is 5.67. The molecule has 0 unspecified atom stereocenters. The fourth-order valence-electron chi connectivity index (χ4n) is 1.02. The summed E-state index contributed by atoms with van der Waals surface area (Å²) in [5.74, 6) is -1.34. The summed E-state index contributed by atoms with van der Waals surface area (Å²) in [6.07, 6.45) is -0.290. The number of carboxylic acid groups (broad SMARTS) is 1. The molecular formula is C10H12N2O4S. The average Bonchev–Trinajstić information content (AvgIpc) is 2.76. The van der Waals surface area contributed by atoms with Crippen LogP contribution in [0.3, 0.4) is 0 Å². The molecule has 0 aliphatic rings. The van der Waals surface area contributed by atoms with Crippen molar-refractivity contribution in [3.8, 4) is 0 Å². The van der Waals surface area contributed by atoms with Gasteiger partial charge in [-0.15, -0.1) is 11.3 Å². The molecule has 1 rings (SSSR count). The Hall–Kier alpha value is -1.89. The first-order valence-corrected chi connectivity index (χ1v) is 5.78. The lowest BCUT2D eigenvalue weighted by molar-refractivity contribution is -0.138. The topological polar surface area (TPSA) is 95.5 Å². The van der Waals surface area contributed by atoms with E-state index in [0.29, 0.717) is 5.00 Å². The largest absolute Gasteiger partial charge is 0.481 e. The van der Waals surface area contributed by atoms with E-state index in [0.717, 1.165) is 0 Å². The van der Waals surface area contributed by atoms with Gasteiger partial charge in [-0.2, -0.15) is 0 Å². The highest BCUT2D eigenvalue weighted by atomic mass is 32.1. The number of Topliss-reactive ketones (excluding diaryl/α,β-unsaturated/α-hetero) is 1. The monoisotopic (exact) mass is 256 g/mol. The van der Waals surface area contributed by atoms with Crippen molar-refractivity contribution in [1.29, 1.82) is 0 Å². The molecule has 0 radical (unpaired) electrons. The number of nitrogens with one attached hydrogen (secondary N) is 2. The summed E-state index contributed by atoms with van der Waals surface area (Å²) >= 11 is 1.37. The molecule has 6 nitrogen and oxygen atoms in total. The van der Waals surface area contributed by atoms with Crippen molar-refractivity contribution in [2.75, 3.05) is 11.9 Å². The van der Waals surface area contributed by atoms with Gasteiger partial charge in [-0.25, -0.2) is 4.79 Å². The lowest BCUT2D eigenvalue weighted by Crippen LogP contribution is -2.33. The standard InChI is InChI=1S/C10H12N2O4S/c13-7(3-4-9(14)15)6-11-10(16)12-8-2-1-5-17-8/h1-2,5H,3-4,6H2,(H,14,15)(H2,11,12,16). The number of carbonyl (C=O) groups is 3. The summed E-state index contributed by atoms with van der Waals surface area (Å²) in [7, 11) is 0. The van der Waals surface area contributed by atoms with Crippen LogP contribution >= 0.6 is 11.3 Å². The molecule has 1 aromatic rings. The molecule has 17 heavy (non-hydrogen) atoms. The second-order valence-corrected chi connectivity index (χ2v) is 4.17. The molecular weight excluding hydrogens is 244 g/mol. The molecule has 0 bridgehead atoms. The van der Waals surface area contributed by atoms with Crippen LogP contribution in [0, 0.1) is 0 Å². The number of carbonyl (C=O) groups excluding carboxylic acids is 2. The first-order valence-electron chi connectivity index (χ1n) is 4.90. The van der Waals surface area contributed by atoms with E-state index in [4.69, 9.17) is 5.11 Å². The molecule has 0 saturated carbocycles. The number of hydrogen-bond acceptors (Lipinski definition) is 4. The summed E-state index contributed by atoms with van der Waals surface area (Å²) in [5, 5.41) is 15.8. The van der Waals surface area contributed by atoms with E-state index < -0.39 is 12.0 Å². The third-order valence-electron chi connectivity index (χ3n) is 1.82. The van der Waals surface area contributed by atoms with Crippen molar-refractivity contribution in [2.24, 2.45) is 0 Å². The van der Waals surface area contributed by atoms with Crippen LogP contribution in [-0.4, -0.2) is 29.4 Å². The van der Waals surface area contributed by atoms with Crippen LogP contribution in [0.4, 0.5) is 9.80 Å². The molecule has 1 aromatic heterocycles. The Morgan fingerprint density at radius 1 is 1.29 bits per heavy atom. The Morgan fingerprint density at radius 3 is 2.65 bits per heavy atom. The maximum Gasteiger partial charge on any atom is 0.320 e. The fraction of sp³-hybridized carbons (Fsp3) is 0.300. The quantitative estimate of drug-likeness (QED) is 0.715. The van der Waals surface area contributed by atoms with Gasteiger partial charge >= 0.3 is 12.0 Å². The van der Waals surface area contributed by atoms with Gasteiger partial charge in [0, 0.05) is 6.42 Å². The number of carboxylic acids is 1. The number of amides is 2. The number of ketones is 1. The maximum atomic E-state index is 11.3. The Labute approximate surface area is 102 Å². The molecule has 0 spiro atoms. The molecule has 2 amide bonds. The van der Waals surface area contributed by atoms with E-state index in [-0.39, 0.29) is 25.2 Å². The zero-order chi connectivity index (χ0) is 12.7. The molecule has 7 heteroatoms. The van der Waals surface area contributed by atoms with Crippen LogP contribution in [-0.2, 0) is 9.59 Å². The van der Waals surface area contributed by atoms with Crippen molar-refractivity contribution in [1.82, 2.24) is 5.32 Å². The lowest BCUT2D eigenvalue weighted by Gasteiger charge is -2.04. The van der Waals surface area contributed by atoms with E-state index in [9.17, 15) is 14.4 Å². The van der Waals surface area contributed by atoms with Crippen molar-refractivity contribution < 1.29 is 19.5 Å². The number of urea groups is 1. The molecule has 0 aliphatic carbocycles. The fourth-order valence-corrected chi connectivity index (χ4v) is 1.63. The van der Waals surface area contributed by atoms with Gasteiger partial charge in [0.05, 0.1) is 18.0 Å². The van der Waals surface area contributed by atoms with Crippen LogP contribution in [0.2, 0.25) is 0 Å². The molecule has 92 valence electrons. The SMILES string of the molecule is O=C(O)CCC(=O)CNC(=O)Nc1cccs1. The number of aliphatic carboxylic acids is 1. The van der Waals surface area contributed by atoms with Crippen molar-refractivity contribution in [3.63, 3.8) is 0 Å². The van der Waals surface area contributed by atoms with Gasteiger partial charge in [-0.1, -0.05) is 0 Å². The molecule has 3 N–H and O–H groups in total. The molecule has 1 heterocycles. The smallest absolute Gasteiger partial charge is 0.320 e. The summed E-state index contributed by atoms with van der Waals surface area (Å²) < 4.78 is 0. The minimum absolute atomic E-state index is 0.0748. The predicted molar refractivity (Wildman–Crippen MR) is 63.2 cm³/mol. The Kier molecular flexibility index (Phi) is 5.15. The van der Waals surface area contributed by atoms with Crippen LogP contribution in [0.25, 0.3) is 0 Å². The van der Waals surface area contributed by atoms with Crippen LogP contribution in [0.15, 0.2) is 17.5 Å². The normalized spacial score (nSPS) is 9.65. The van der Waals surface area contributed by atoms with Gasteiger partial charge in [0.2, 0.25) is 0 Å². The Bertz CT molecular complexity index is 402. The molecule has 0 saturated heterocycles. The van der Waals surface area contributed by atoms with Gasteiger partial charge in [-0.05, 0) is 17.5 Å². The lowest BCUT2D eigenvalue weighted by atomic mass is 10.2. The van der Waals surface area contributed by atoms with Crippen LogP contribution in [0.5, 0.6) is 0 Å². The third-order valence-corrected chi connectivity index (χ3v) is 2.61. The van der Waals surface area contributed by atoms with E-state index in [1.807, 2.05) is 5.38 Å². The number of hydrogen-bond donors (Lipinski definition) is 3. The summed E-state index contributed by atoms with van der Waals surface area (Å²) in [4.78, 5) is 32.6. The maximum absolute atomic E-state index is 11.3. The number of rotatable bonds is 6. The van der Waals surface area contributed by atoms with Crippen molar-refractivity contribution in [2.45, 2.75) is 12.8 Å². The molecule has 0 atom stereocenters. The number of anilines is 1. The zero-order valence-electron chi connectivity index (χ0n) is 8.93. The van der Waals surface area contributed by atoms with Crippen LogP contribution in [0.1, 0.15) is 12.8 Å². The Balaban J connectivity index is 2.19. The highest BCUT2D eigenvalue weighted by molar-refractivity contribution is 7.14. The van der Waals surface area contributed by atoms with E-state index in [1.165, 1.54) is 11.3 Å². The van der Waals surface area contributed by atoms with E-state index in [1.54, 1.807) is 12.1 Å². The van der Waals surface area contributed by atoms with Gasteiger partial charge < -0.3 is 10.4 Å². The highest BCUT2D eigenvalue weighted by Crippen LogP contribution is 2.14.